The van der Waals surface area contributed by atoms with Crippen molar-refractivity contribution >= 4 is 49.3 Å². The zero-order valence-corrected chi connectivity index (χ0v) is 20.3. The van der Waals surface area contributed by atoms with E-state index in [4.69, 9.17) is 13.9 Å². The van der Waals surface area contributed by atoms with Crippen molar-refractivity contribution in [3.05, 3.63) is 50.9 Å². The van der Waals surface area contributed by atoms with E-state index in [-0.39, 0.29) is 22.4 Å². The van der Waals surface area contributed by atoms with Gasteiger partial charge in [0.05, 0.1) is 30.4 Å². The highest BCUT2D eigenvalue weighted by Gasteiger charge is 2.48. The number of nitrogens with zero attached hydrogens (tertiary/aromatic N) is 2. The highest BCUT2D eigenvalue weighted by molar-refractivity contribution is 9.10. The molecule has 0 saturated heterocycles. The van der Waals surface area contributed by atoms with E-state index in [1.165, 1.54) is 14.2 Å². The van der Waals surface area contributed by atoms with Gasteiger partial charge in [-0.3, -0.25) is 4.79 Å². The highest BCUT2D eigenvalue weighted by Crippen LogP contribution is 2.46. The number of hydrogen-bond donors (Lipinski definition) is 2. The summed E-state index contributed by atoms with van der Waals surface area (Å²) in [5.74, 6) is 0.457. The van der Waals surface area contributed by atoms with E-state index in [9.17, 15) is 18.0 Å². The molecule has 0 bridgehead atoms. The van der Waals surface area contributed by atoms with Crippen molar-refractivity contribution in [2.24, 2.45) is 0 Å². The Kier molecular flexibility index (Phi) is 6.36. The number of nitrogens with one attached hydrogen (secondary N) is 2. The molecule has 1 amide bonds. The largest absolute Gasteiger partial charge is 0.497 e. The van der Waals surface area contributed by atoms with Crippen LogP contribution in [0.4, 0.5) is 24.7 Å². The lowest BCUT2D eigenvalue weighted by Crippen LogP contribution is -2.35. The first-order valence-electron chi connectivity index (χ1n) is 9.52. The third-order valence-electron chi connectivity index (χ3n) is 5.11. The van der Waals surface area contributed by atoms with E-state index in [0.29, 0.717) is 27.6 Å². The van der Waals surface area contributed by atoms with Gasteiger partial charge >= 0.3 is 6.18 Å². The van der Waals surface area contributed by atoms with Gasteiger partial charge in [0.1, 0.15) is 23.1 Å². The number of halogens is 5. The Morgan fingerprint density at radius 1 is 1.24 bits per heavy atom. The predicted octanol–water partition coefficient (Wildman–Crippen LogP) is 5.93. The van der Waals surface area contributed by atoms with E-state index >= 15 is 0 Å². The number of alkyl halides is 3. The molecule has 0 aliphatic carbocycles. The number of methoxy groups -OCH3 is 2. The van der Waals surface area contributed by atoms with Crippen LogP contribution in [0.3, 0.4) is 0 Å². The summed E-state index contributed by atoms with van der Waals surface area (Å²) in [7, 11) is 2.90. The van der Waals surface area contributed by atoms with Crippen LogP contribution in [0.2, 0.25) is 0 Å². The molecule has 1 aliphatic heterocycles. The van der Waals surface area contributed by atoms with Crippen molar-refractivity contribution in [2.45, 2.75) is 24.7 Å². The second-order valence-corrected chi connectivity index (χ2v) is 8.68. The topological polar surface area (TPSA) is 90.5 Å². The van der Waals surface area contributed by atoms with Gasteiger partial charge in [0.15, 0.2) is 16.4 Å². The first-order valence-corrected chi connectivity index (χ1v) is 11.1. The number of fused-ring (bicyclic) bond motifs is 1. The molecule has 3 aromatic rings. The monoisotopic (exact) mass is 592 g/mol. The number of carbonyl (C=O) groups is 1. The summed E-state index contributed by atoms with van der Waals surface area (Å²) in [5.41, 5.74) is 0.0886. The fourth-order valence-electron chi connectivity index (χ4n) is 3.52. The predicted molar refractivity (Wildman–Crippen MR) is 120 cm³/mol. The summed E-state index contributed by atoms with van der Waals surface area (Å²) < 4.78 is 58.8. The van der Waals surface area contributed by atoms with Crippen LogP contribution in [0, 0.1) is 0 Å². The summed E-state index contributed by atoms with van der Waals surface area (Å²) in [4.78, 5) is 12.9. The van der Waals surface area contributed by atoms with Gasteiger partial charge in [-0.2, -0.15) is 18.3 Å². The number of rotatable bonds is 5. The SMILES string of the molecule is COc1ccc(NC(=O)c2nn3c(c2Br)NC(c2ccc(Br)o2)CC3C(F)(F)F)c(OC)c1. The maximum absolute atomic E-state index is 13.9. The molecule has 1 aromatic carbocycles. The highest BCUT2D eigenvalue weighted by atomic mass is 79.9. The van der Waals surface area contributed by atoms with E-state index in [1.807, 2.05) is 0 Å². The van der Waals surface area contributed by atoms with Gasteiger partial charge in [-0.25, -0.2) is 4.68 Å². The van der Waals surface area contributed by atoms with Crippen LogP contribution >= 0.6 is 31.9 Å². The number of amides is 1. The first-order chi connectivity index (χ1) is 15.6. The fourth-order valence-corrected chi connectivity index (χ4v) is 4.39. The van der Waals surface area contributed by atoms with Crippen LogP contribution in [-0.2, 0) is 0 Å². The smallest absolute Gasteiger partial charge is 0.410 e. The van der Waals surface area contributed by atoms with Gasteiger partial charge < -0.3 is 24.5 Å². The Balaban J connectivity index is 1.69. The van der Waals surface area contributed by atoms with Gasteiger partial charge in [-0.15, -0.1) is 0 Å². The normalized spacial score (nSPS) is 17.8. The van der Waals surface area contributed by atoms with Crippen LogP contribution in [0.5, 0.6) is 11.5 Å². The third-order valence-corrected chi connectivity index (χ3v) is 6.28. The average molecular weight is 594 g/mol. The van der Waals surface area contributed by atoms with Crippen molar-refractivity contribution in [1.29, 1.82) is 0 Å². The van der Waals surface area contributed by atoms with Crippen LogP contribution in [0.25, 0.3) is 0 Å². The molecule has 176 valence electrons. The zero-order chi connectivity index (χ0) is 23.9. The summed E-state index contributed by atoms with van der Waals surface area (Å²) in [5, 5.41) is 9.60. The van der Waals surface area contributed by atoms with E-state index < -0.39 is 24.2 Å². The minimum absolute atomic E-state index is 0.0212. The minimum atomic E-state index is -4.60. The van der Waals surface area contributed by atoms with Crippen LogP contribution in [0.15, 0.2) is 43.9 Å². The molecule has 2 unspecified atom stereocenters. The van der Waals surface area contributed by atoms with Gasteiger partial charge in [0.25, 0.3) is 5.91 Å². The molecule has 2 atom stereocenters. The zero-order valence-electron chi connectivity index (χ0n) is 17.2. The van der Waals surface area contributed by atoms with Crippen LogP contribution in [-0.4, -0.2) is 36.1 Å². The Morgan fingerprint density at radius 2 is 2.00 bits per heavy atom. The van der Waals surface area contributed by atoms with Gasteiger partial charge in [0.2, 0.25) is 0 Å². The fraction of sp³-hybridized carbons (Fsp3) is 0.300. The minimum Gasteiger partial charge on any atom is -0.497 e. The lowest BCUT2D eigenvalue weighted by molar-refractivity contribution is -0.174. The van der Waals surface area contributed by atoms with Crippen LogP contribution < -0.4 is 20.1 Å². The molecule has 0 spiro atoms. The van der Waals surface area contributed by atoms with Gasteiger partial charge in [-0.05, 0) is 56.1 Å². The van der Waals surface area contributed by atoms with Crippen molar-refractivity contribution in [3.63, 3.8) is 0 Å². The Labute approximate surface area is 202 Å². The second-order valence-electron chi connectivity index (χ2n) is 7.11. The maximum Gasteiger partial charge on any atom is 0.410 e. The number of benzene rings is 1. The van der Waals surface area contributed by atoms with E-state index in [1.54, 1.807) is 30.3 Å². The Morgan fingerprint density at radius 3 is 2.61 bits per heavy atom. The van der Waals surface area contributed by atoms with Gasteiger partial charge in [-0.1, -0.05) is 0 Å². The van der Waals surface area contributed by atoms with Crippen molar-refractivity contribution in [2.75, 3.05) is 24.9 Å². The summed E-state index contributed by atoms with van der Waals surface area (Å²) >= 11 is 6.40. The van der Waals surface area contributed by atoms with Gasteiger partial charge in [0, 0.05) is 12.5 Å². The number of furan rings is 1. The number of carbonyl (C=O) groups excluding carboxylic acids is 1. The maximum atomic E-state index is 13.9. The summed E-state index contributed by atoms with van der Waals surface area (Å²) in [6.07, 6.45) is -4.96. The Hall–Kier alpha value is -2.67. The van der Waals surface area contributed by atoms with Crippen molar-refractivity contribution in [1.82, 2.24) is 9.78 Å². The third kappa shape index (κ3) is 4.56. The molecular weight excluding hydrogens is 577 g/mol. The molecule has 0 radical (unpaired) electrons. The molecule has 4 rings (SSSR count). The number of ether oxygens (including phenoxy) is 2. The molecule has 0 fully saturated rings. The molecule has 33 heavy (non-hydrogen) atoms. The molecular formula is C20H17Br2F3N4O4. The number of anilines is 2. The number of hydrogen-bond acceptors (Lipinski definition) is 6. The standard InChI is InChI=1S/C20H17Br2F3N4O4/c1-31-9-3-4-10(13(7-9)32-2)27-19(30)17-16(22)18-26-11(12-5-6-15(21)33-12)8-14(20(23,24)25)29(18)28-17/h3-7,11,14,26H,8H2,1-2H3,(H,27,30). The van der Waals surface area contributed by atoms with E-state index in [2.05, 4.69) is 47.6 Å². The summed E-state index contributed by atoms with van der Waals surface area (Å²) in [6.45, 7) is 0. The van der Waals surface area contributed by atoms with Crippen molar-refractivity contribution < 1.29 is 31.9 Å². The van der Waals surface area contributed by atoms with E-state index in [0.717, 1.165) is 4.68 Å². The quantitative estimate of drug-likeness (QED) is 0.381. The number of aromatic nitrogens is 2. The lowest BCUT2D eigenvalue weighted by atomic mass is 10.0. The molecule has 2 aromatic heterocycles. The van der Waals surface area contributed by atoms with Crippen LogP contribution in [0.1, 0.15) is 34.8 Å². The Bertz CT molecular complexity index is 1190. The summed E-state index contributed by atoms with van der Waals surface area (Å²) in [6, 6.07) is 5.17. The average Bonchev–Trinajstić information content (AvgIpc) is 3.36. The lowest BCUT2D eigenvalue weighted by Gasteiger charge is -2.32. The molecule has 0 saturated carbocycles. The van der Waals surface area contributed by atoms with Crippen molar-refractivity contribution in [3.8, 4) is 11.5 Å². The molecule has 8 nitrogen and oxygen atoms in total. The first kappa shape index (κ1) is 23.5. The molecule has 13 heteroatoms. The second kappa shape index (κ2) is 8.93. The molecule has 3 heterocycles. The molecule has 1 aliphatic rings. The molecule has 2 N–H and O–H groups in total.